The summed E-state index contributed by atoms with van der Waals surface area (Å²) in [6.07, 6.45) is 0.506. The Hall–Kier alpha value is -1.55. The normalized spacial score (nSPS) is 13.6. The number of Topliss-reactive ketones (excluding diaryl/α,β-unsaturated/α-hetero) is 1. The molecule has 0 fully saturated rings. The van der Waals surface area contributed by atoms with E-state index in [0.29, 0.717) is 43.4 Å². The molecule has 0 aliphatic carbocycles. The third kappa shape index (κ3) is 3.96. The van der Waals surface area contributed by atoms with Gasteiger partial charge in [-0.1, -0.05) is 13.8 Å². The van der Waals surface area contributed by atoms with E-state index in [9.17, 15) is 4.79 Å². The van der Waals surface area contributed by atoms with Gasteiger partial charge in [0.2, 0.25) is 0 Å². The van der Waals surface area contributed by atoms with Crippen molar-refractivity contribution in [3.8, 4) is 11.5 Å². The maximum Gasteiger partial charge on any atom is 0.164 e. The quantitative estimate of drug-likeness (QED) is 0.632. The average Bonchev–Trinajstić information content (AvgIpc) is 2.42. The van der Waals surface area contributed by atoms with Gasteiger partial charge in [0.15, 0.2) is 17.3 Å². The molecule has 2 rings (SSSR count). The molecule has 0 radical (unpaired) electrons. The molecule has 0 aromatic heterocycles. The van der Waals surface area contributed by atoms with E-state index >= 15 is 0 Å². The molecule has 4 heteroatoms. The van der Waals surface area contributed by atoms with Gasteiger partial charge in [-0.3, -0.25) is 4.79 Å². The van der Waals surface area contributed by atoms with E-state index in [1.807, 2.05) is 6.07 Å². The molecule has 1 aliphatic rings. The van der Waals surface area contributed by atoms with Crippen LogP contribution < -0.4 is 14.8 Å². The summed E-state index contributed by atoms with van der Waals surface area (Å²) >= 11 is 0. The van der Waals surface area contributed by atoms with E-state index in [-0.39, 0.29) is 5.78 Å². The Bertz CT molecular complexity index is 443. The molecule has 0 amide bonds. The van der Waals surface area contributed by atoms with Crippen molar-refractivity contribution in [2.24, 2.45) is 5.92 Å². The molecule has 0 saturated carbocycles. The average molecular weight is 263 g/mol. The number of rotatable bonds is 6. The number of ether oxygens (including phenoxy) is 2. The summed E-state index contributed by atoms with van der Waals surface area (Å²) in [6, 6.07) is 5.39. The highest BCUT2D eigenvalue weighted by Crippen LogP contribution is 2.30. The van der Waals surface area contributed by atoms with Gasteiger partial charge in [-0.15, -0.1) is 0 Å². The molecule has 1 N–H and O–H groups in total. The van der Waals surface area contributed by atoms with Crippen LogP contribution >= 0.6 is 0 Å². The van der Waals surface area contributed by atoms with Crippen LogP contribution in [0.3, 0.4) is 0 Å². The van der Waals surface area contributed by atoms with Crippen LogP contribution in [0, 0.1) is 5.92 Å². The predicted molar refractivity (Wildman–Crippen MR) is 74.1 cm³/mol. The number of nitrogens with one attached hydrogen (secondary N) is 1. The highest BCUT2D eigenvalue weighted by Gasteiger charge is 2.14. The molecule has 1 aliphatic heterocycles. The summed E-state index contributed by atoms with van der Waals surface area (Å²) in [5.74, 6) is 2.13. The summed E-state index contributed by atoms with van der Waals surface area (Å²) in [4.78, 5) is 12.0. The molecule has 0 saturated heterocycles. The lowest BCUT2D eigenvalue weighted by atomic mass is 10.1. The topological polar surface area (TPSA) is 47.6 Å². The zero-order chi connectivity index (χ0) is 13.7. The summed E-state index contributed by atoms with van der Waals surface area (Å²) in [5.41, 5.74) is 0.690. The second-order valence-corrected chi connectivity index (χ2v) is 5.13. The number of hydrogen-bond donors (Lipinski definition) is 1. The molecule has 1 aromatic rings. The van der Waals surface area contributed by atoms with Crippen LogP contribution in [0.1, 0.15) is 30.6 Å². The third-order valence-electron chi connectivity index (χ3n) is 2.95. The van der Waals surface area contributed by atoms with E-state index in [2.05, 4.69) is 19.2 Å². The van der Waals surface area contributed by atoms with Crippen molar-refractivity contribution in [2.75, 3.05) is 26.3 Å². The molecular weight excluding hydrogens is 242 g/mol. The van der Waals surface area contributed by atoms with Gasteiger partial charge in [0.1, 0.15) is 13.2 Å². The molecule has 104 valence electrons. The summed E-state index contributed by atoms with van der Waals surface area (Å²) < 4.78 is 10.9. The molecule has 19 heavy (non-hydrogen) atoms. The Balaban J connectivity index is 1.88. The second kappa shape index (κ2) is 6.57. The Morgan fingerprint density at radius 2 is 2.00 bits per heavy atom. The minimum atomic E-state index is 0.133. The fraction of sp³-hybridized carbons (Fsp3) is 0.533. The van der Waals surface area contributed by atoms with Crippen molar-refractivity contribution in [3.05, 3.63) is 23.8 Å². The molecule has 0 atom stereocenters. The number of ketones is 1. The first kappa shape index (κ1) is 13.9. The van der Waals surface area contributed by atoms with Crippen LogP contribution in [0.15, 0.2) is 18.2 Å². The molecular formula is C15H21NO3. The molecule has 4 nitrogen and oxygen atoms in total. The maximum absolute atomic E-state index is 12.0. The van der Waals surface area contributed by atoms with Gasteiger partial charge in [-0.25, -0.2) is 0 Å². The Morgan fingerprint density at radius 1 is 1.26 bits per heavy atom. The largest absolute Gasteiger partial charge is 0.486 e. The van der Waals surface area contributed by atoms with Gasteiger partial charge in [0.05, 0.1) is 0 Å². The lowest BCUT2D eigenvalue weighted by Crippen LogP contribution is -2.22. The van der Waals surface area contributed by atoms with E-state index < -0.39 is 0 Å². The van der Waals surface area contributed by atoms with E-state index in [0.717, 1.165) is 12.3 Å². The number of carbonyl (C=O) groups is 1. The van der Waals surface area contributed by atoms with Gasteiger partial charge >= 0.3 is 0 Å². The lowest BCUT2D eigenvalue weighted by molar-refractivity contribution is 0.0981. The molecule has 0 unspecified atom stereocenters. The summed E-state index contributed by atoms with van der Waals surface area (Å²) in [5, 5.41) is 3.27. The van der Waals surface area contributed by atoms with Gasteiger partial charge in [0, 0.05) is 18.5 Å². The van der Waals surface area contributed by atoms with Crippen molar-refractivity contribution in [1.82, 2.24) is 5.32 Å². The zero-order valence-corrected chi connectivity index (χ0v) is 11.6. The third-order valence-corrected chi connectivity index (χ3v) is 2.95. The van der Waals surface area contributed by atoms with Crippen molar-refractivity contribution >= 4 is 5.78 Å². The monoisotopic (exact) mass is 263 g/mol. The minimum absolute atomic E-state index is 0.133. The van der Waals surface area contributed by atoms with Crippen LogP contribution in [0.4, 0.5) is 0 Å². The van der Waals surface area contributed by atoms with Crippen LogP contribution in [0.25, 0.3) is 0 Å². The predicted octanol–water partition coefficient (Wildman–Crippen LogP) is 2.28. The first-order chi connectivity index (χ1) is 9.16. The maximum atomic E-state index is 12.0. The zero-order valence-electron chi connectivity index (χ0n) is 11.6. The fourth-order valence-electron chi connectivity index (χ4n) is 1.95. The van der Waals surface area contributed by atoms with Crippen molar-refractivity contribution < 1.29 is 14.3 Å². The van der Waals surface area contributed by atoms with Gasteiger partial charge in [-0.05, 0) is 30.7 Å². The van der Waals surface area contributed by atoms with Crippen LogP contribution in [-0.4, -0.2) is 32.1 Å². The minimum Gasteiger partial charge on any atom is -0.486 e. The highest BCUT2D eigenvalue weighted by molar-refractivity contribution is 5.96. The van der Waals surface area contributed by atoms with E-state index in [1.54, 1.807) is 12.1 Å². The van der Waals surface area contributed by atoms with Crippen molar-refractivity contribution in [2.45, 2.75) is 20.3 Å². The number of benzene rings is 1. The summed E-state index contributed by atoms with van der Waals surface area (Å²) in [7, 11) is 0. The standard InChI is InChI=1S/C15H21NO3/c1-11(2)10-16-6-5-13(17)12-3-4-14-15(9-12)19-8-7-18-14/h3-4,9,11,16H,5-8,10H2,1-2H3. The number of hydrogen-bond acceptors (Lipinski definition) is 4. The fourth-order valence-corrected chi connectivity index (χ4v) is 1.95. The Morgan fingerprint density at radius 3 is 2.74 bits per heavy atom. The SMILES string of the molecule is CC(C)CNCCC(=O)c1ccc2c(c1)OCCO2. The van der Waals surface area contributed by atoms with Gasteiger partial charge in [-0.2, -0.15) is 0 Å². The Labute approximate surface area is 114 Å². The number of carbonyl (C=O) groups excluding carboxylic acids is 1. The van der Waals surface area contributed by atoms with Crippen molar-refractivity contribution in [1.29, 1.82) is 0 Å². The highest BCUT2D eigenvalue weighted by atomic mass is 16.6. The van der Waals surface area contributed by atoms with E-state index in [4.69, 9.17) is 9.47 Å². The molecule has 0 spiro atoms. The van der Waals surface area contributed by atoms with E-state index in [1.165, 1.54) is 0 Å². The van der Waals surface area contributed by atoms with Gasteiger partial charge in [0.25, 0.3) is 0 Å². The van der Waals surface area contributed by atoms with Crippen LogP contribution in [-0.2, 0) is 0 Å². The second-order valence-electron chi connectivity index (χ2n) is 5.13. The first-order valence-electron chi connectivity index (χ1n) is 6.80. The molecule has 1 aromatic carbocycles. The lowest BCUT2D eigenvalue weighted by Gasteiger charge is -2.18. The molecule has 1 heterocycles. The number of fused-ring (bicyclic) bond motifs is 1. The smallest absolute Gasteiger partial charge is 0.164 e. The van der Waals surface area contributed by atoms with Crippen LogP contribution in [0.2, 0.25) is 0 Å². The Kier molecular flexibility index (Phi) is 4.80. The first-order valence-corrected chi connectivity index (χ1v) is 6.80. The summed E-state index contributed by atoms with van der Waals surface area (Å²) in [6.45, 7) is 7.06. The van der Waals surface area contributed by atoms with Crippen LogP contribution in [0.5, 0.6) is 11.5 Å². The van der Waals surface area contributed by atoms with Gasteiger partial charge < -0.3 is 14.8 Å². The molecule has 0 bridgehead atoms. The van der Waals surface area contributed by atoms with Crippen molar-refractivity contribution in [3.63, 3.8) is 0 Å².